The Balaban J connectivity index is 1.90. The highest BCUT2D eigenvalue weighted by atomic mass is 16.3. The molecule has 0 saturated carbocycles. The van der Waals surface area contributed by atoms with Crippen molar-refractivity contribution in [2.75, 3.05) is 38.1 Å². The molecule has 1 amide bonds. The quantitative estimate of drug-likeness (QED) is 0.836. The van der Waals surface area contributed by atoms with Gasteiger partial charge in [-0.2, -0.15) is 0 Å². The zero-order valence-corrected chi connectivity index (χ0v) is 15.4. The molecule has 2 N–H and O–H groups in total. The van der Waals surface area contributed by atoms with Crippen molar-refractivity contribution in [3.63, 3.8) is 0 Å². The lowest BCUT2D eigenvalue weighted by Crippen LogP contribution is -2.55. The number of benzene rings is 1. The van der Waals surface area contributed by atoms with Crippen molar-refractivity contribution in [1.29, 1.82) is 0 Å². The van der Waals surface area contributed by atoms with Gasteiger partial charge in [0, 0.05) is 37.9 Å². The van der Waals surface area contributed by atoms with Gasteiger partial charge in [0.2, 0.25) is 5.91 Å². The molecule has 0 bridgehead atoms. The van der Waals surface area contributed by atoms with Crippen molar-refractivity contribution >= 4 is 11.6 Å². The second-order valence-corrected chi connectivity index (χ2v) is 6.80. The summed E-state index contributed by atoms with van der Waals surface area (Å²) < 4.78 is 0. The predicted molar refractivity (Wildman–Crippen MR) is 98.3 cm³/mol. The summed E-state index contributed by atoms with van der Waals surface area (Å²) in [6.45, 7) is 11.9. The number of aryl methyl sites for hydroxylation is 2. The van der Waals surface area contributed by atoms with Crippen LogP contribution < -0.4 is 5.32 Å². The fraction of sp³-hybridized carbons (Fsp3) is 0.632. The van der Waals surface area contributed by atoms with Crippen LogP contribution in [-0.4, -0.2) is 65.7 Å². The van der Waals surface area contributed by atoms with E-state index >= 15 is 0 Å². The molecule has 0 aliphatic carbocycles. The second-order valence-electron chi connectivity index (χ2n) is 6.80. The van der Waals surface area contributed by atoms with Gasteiger partial charge < -0.3 is 10.4 Å². The van der Waals surface area contributed by atoms with Crippen LogP contribution in [0.1, 0.15) is 31.4 Å². The first-order valence-corrected chi connectivity index (χ1v) is 8.93. The Hall–Kier alpha value is -1.43. The van der Waals surface area contributed by atoms with E-state index in [0.29, 0.717) is 0 Å². The van der Waals surface area contributed by atoms with Crippen LogP contribution in [0.25, 0.3) is 0 Å². The number of hydrogen-bond acceptors (Lipinski definition) is 4. The molecule has 1 aromatic carbocycles. The fourth-order valence-corrected chi connectivity index (χ4v) is 3.35. The molecule has 5 heteroatoms. The number of nitrogens with one attached hydrogen (secondary N) is 1. The number of rotatable bonds is 6. The van der Waals surface area contributed by atoms with Crippen LogP contribution in [0.15, 0.2) is 18.2 Å². The Morgan fingerprint density at radius 3 is 2.38 bits per heavy atom. The first-order chi connectivity index (χ1) is 11.5. The lowest BCUT2D eigenvalue weighted by Gasteiger charge is -2.40. The average molecular weight is 333 g/mol. The maximum atomic E-state index is 12.6. The standard InChI is InChI=1S/C19H31N3O2/c1-5-17(13-23)22-10-8-21(9-11-22)16(4)19(24)20-18-7-6-14(2)12-15(18)3/h6-7,12,16-17,23H,5,8-11,13H2,1-4H3,(H,20,24). The molecule has 1 aromatic rings. The number of aliphatic hydroxyl groups is 1. The molecular weight excluding hydrogens is 302 g/mol. The number of piperazine rings is 1. The normalized spacial score (nSPS) is 19.0. The third kappa shape index (κ3) is 4.56. The fourth-order valence-electron chi connectivity index (χ4n) is 3.35. The van der Waals surface area contributed by atoms with Crippen LogP contribution in [0.2, 0.25) is 0 Å². The summed E-state index contributed by atoms with van der Waals surface area (Å²) in [7, 11) is 0. The molecule has 0 spiro atoms. The van der Waals surface area contributed by atoms with Crippen molar-refractivity contribution < 1.29 is 9.90 Å². The Bertz CT molecular complexity index is 550. The number of carbonyl (C=O) groups excluding carboxylic acids is 1. The average Bonchev–Trinajstić information content (AvgIpc) is 2.58. The molecular formula is C19H31N3O2. The Labute approximate surface area is 145 Å². The summed E-state index contributed by atoms with van der Waals surface area (Å²) in [5, 5.41) is 12.5. The lowest BCUT2D eigenvalue weighted by atomic mass is 10.1. The molecule has 0 aromatic heterocycles. The van der Waals surface area contributed by atoms with Gasteiger partial charge in [-0.15, -0.1) is 0 Å². The van der Waals surface area contributed by atoms with Gasteiger partial charge in [0.25, 0.3) is 0 Å². The van der Waals surface area contributed by atoms with Gasteiger partial charge in [0.05, 0.1) is 12.6 Å². The molecule has 5 nitrogen and oxygen atoms in total. The van der Waals surface area contributed by atoms with Gasteiger partial charge in [-0.1, -0.05) is 24.6 Å². The van der Waals surface area contributed by atoms with E-state index in [0.717, 1.165) is 43.9 Å². The highest BCUT2D eigenvalue weighted by molar-refractivity contribution is 5.95. The van der Waals surface area contributed by atoms with E-state index in [1.54, 1.807) is 0 Å². The Morgan fingerprint density at radius 2 is 1.83 bits per heavy atom. The minimum atomic E-state index is -0.151. The van der Waals surface area contributed by atoms with E-state index in [1.807, 2.05) is 26.0 Å². The zero-order chi connectivity index (χ0) is 17.7. The topological polar surface area (TPSA) is 55.8 Å². The second kappa shape index (κ2) is 8.60. The first-order valence-electron chi connectivity index (χ1n) is 8.93. The summed E-state index contributed by atoms with van der Waals surface area (Å²) in [6.07, 6.45) is 0.958. The minimum absolute atomic E-state index is 0.0459. The molecule has 134 valence electrons. The van der Waals surface area contributed by atoms with Gasteiger partial charge >= 0.3 is 0 Å². The van der Waals surface area contributed by atoms with E-state index in [-0.39, 0.29) is 24.6 Å². The van der Waals surface area contributed by atoms with Crippen molar-refractivity contribution in [1.82, 2.24) is 9.80 Å². The monoisotopic (exact) mass is 333 g/mol. The van der Waals surface area contributed by atoms with E-state index in [9.17, 15) is 9.90 Å². The number of hydrogen-bond donors (Lipinski definition) is 2. The van der Waals surface area contributed by atoms with E-state index in [2.05, 4.69) is 35.0 Å². The van der Waals surface area contributed by atoms with Crippen molar-refractivity contribution in [3.8, 4) is 0 Å². The molecule has 0 radical (unpaired) electrons. The molecule has 1 heterocycles. The number of aliphatic hydroxyl groups excluding tert-OH is 1. The maximum absolute atomic E-state index is 12.6. The Kier molecular flexibility index (Phi) is 6.78. The number of nitrogens with zero attached hydrogens (tertiary/aromatic N) is 2. The SMILES string of the molecule is CCC(CO)N1CCN(C(C)C(=O)Nc2ccc(C)cc2C)CC1. The van der Waals surface area contributed by atoms with Gasteiger partial charge in [-0.05, 0) is 38.8 Å². The van der Waals surface area contributed by atoms with Crippen LogP contribution in [0.4, 0.5) is 5.69 Å². The minimum Gasteiger partial charge on any atom is -0.395 e. The summed E-state index contributed by atoms with van der Waals surface area (Å²) in [5.41, 5.74) is 3.18. The van der Waals surface area contributed by atoms with Gasteiger partial charge in [0.15, 0.2) is 0 Å². The summed E-state index contributed by atoms with van der Waals surface area (Å²) in [5.74, 6) is 0.0459. The van der Waals surface area contributed by atoms with Crippen molar-refractivity contribution in [2.24, 2.45) is 0 Å². The molecule has 1 aliphatic rings. The van der Waals surface area contributed by atoms with Crippen LogP contribution >= 0.6 is 0 Å². The van der Waals surface area contributed by atoms with Crippen LogP contribution in [0.5, 0.6) is 0 Å². The third-order valence-electron chi connectivity index (χ3n) is 5.11. The Morgan fingerprint density at radius 1 is 1.21 bits per heavy atom. The maximum Gasteiger partial charge on any atom is 0.241 e. The molecule has 1 fully saturated rings. The molecule has 1 aliphatic heterocycles. The first kappa shape index (κ1) is 18.9. The number of anilines is 1. The van der Waals surface area contributed by atoms with Crippen molar-refractivity contribution in [3.05, 3.63) is 29.3 Å². The van der Waals surface area contributed by atoms with Crippen LogP contribution in [0.3, 0.4) is 0 Å². The van der Waals surface area contributed by atoms with E-state index in [4.69, 9.17) is 0 Å². The van der Waals surface area contributed by atoms with E-state index in [1.165, 1.54) is 5.56 Å². The highest BCUT2D eigenvalue weighted by Crippen LogP contribution is 2.18. The molecule has 2 rings (SSSR count). The molecule has 2 atom stereocenters. The predicted octanol–water partition coefficient (Wildman–Crippen LogP) is 2.02. The highest BCUT2D eigenvalue weighted by Gasteiger charge is 2.28. The number of carbonyl (C=O) groups is 1. The molecule has 1 saturated heterocycles. The van der Waals surface area contributed by atoms with Gasteiger partial charge in [-0.3, -0.25) is 14.6 Å². The zero-order valence-electron chi connectivity index (χ0n) is 15.4. The molecule has 2 unspecified atom stereocenters. The largest absolute Gasteiger partial charge is 0.395 e. The van der Waals surface area contributed by atoms with Crippen LogP contribution in [0, 0.1) is 13.8 Å². The van der Waals surface area contributed by atoms with Crippen molar-refractivity contribution in [2.45, 2.75) is 46.2 Å². The molecule has 24 heavy (non-hydrogen) atoms. The summed E-state index contributed by atoms with van der Waals surface area (Å²) in [6, 6.07) is 6.17. The number of amides is 1. The third-order valence-corrected chi connectivity index (χ3v) is 5.11. The van der Waals surface area contributed by atoms with Gasteiger partial charge in [-0.25, -0.2) is 0 Å². The van der Waals surface area contributed by atoms with Crippen LogP contribution in [-0.2, 0) is 4.79 Å². The lowest BCUT2D eigenvalue weighted by molar-refractivity contribution is -0.121. The summed E-state index contributed by atoms with van der Waals surface area (Å²) in [4.78, 5) is 17.1. The van der Waals surface area contributed by atoms with Gasteiger partial charge in [0.1, 0.15) is 0 Å². The van der Waals surface area contributed by atoms with E-state index < -0.39 is 0 Å². The summed E-state index contributed by atoms with van der Waals surface area (Å²) >= 11 is 0. The smallest absolute Gasteiger partial charge is 0.241 e.